The molecule has 2 unspecified atom stereocenters. The summed E-state index contributed by atoms with van der Waals surface area (Å²) in [5.41, 5.74) is 3.39. The predicted molar refractivity (Wildman–Crippen MR) is 159 cm³/mol. The van der Waals surface area contributed by atoms with E-state index in [2.05, 4.69) is 40.4 Å². The van der Waals surface area contributed by atoms with Gasteiger partial charge >= 0.3 is 6.09 Å². The zero-order valence-corrected chi connectivity index (χ0v) is 25.2. The first-order chi connectivity index (χ1) is 18.9. The van der Waals surface area contributed by atoms with Crippen molar-refractivity contribution in [2.24, 2.45) is 0 Å². The van der Waals surface area contributed by atoms with E-state index in [1.54, 1.807) is 11.0 Å². The van der Waals surface area contributed by atoms with Crippen LogP contribution in [0.15, 0.2) is 42.7 Å². The molecule has 0 aliphatic carbocycles. The van der Waals surface area contributed by atoms with Gasteiger partial charge in [-0.3, -0.25) is 9.69 Å². The van der Waals surface area contributed by atoms with Crippen molar-refractivity contribution in [3.8, 4) is 0 Å². The van der Waals surface area contributed by atoms with Crippen molar-refractivity contribution in [2.45, 2.75) is 71.2 Å². The smallest absolute Gasteiger partial charge is 0.410 e. The quantitative estimate of drug-likeness (QED) is 0.355. The first-order valence-corrected chi connectivity index (χ1v) is 14.6. The van der Waals surface area contributed by atoms with Crippen LogP contribution in [0.25, 0.3) is 11.0 Å². The number of likely N-dealkylation sites (tertiary alicyclic amines) is 1. The number of piperazine rings is 1. The second kappa shape index (κ2) is 11.1. The Morgan fingerprint density at radius 2 is 1.85 bits per heavy atom. The van der Waals surface area contributed by atoms with Gasteiger partial charge in [0.1, 0.15) is 11.6 Å². The van der Waals surface area contributed by atoms with E-state index in [0.29, 0.717) is 42.6 Å². The first-order valence-electron chi connectivity index (χ1n) is 13.9. The van der Waals surface area contributed by atoms with Gasteiger partial charge < -0.3 is 19.1 Å². The maximum Gasteiger partial charge on any atom is 0.410 e. The molecular formula is C30H37Cl2N5O3. The Hall–Kier alpha value is -2.97. The molecule has 0 spiro atoms. The Balaban J connectivity index is 1.31. The average Bonchev–Trinajstić information content (AvgIpc) is 3.54. The number of fused-ring (bicyclic) bond motifs is 1. The second-order valence-corrected chi connectivity index (χ2v) is 12.7. The van der Waals surface area contributed by atoms with Crippen LogP contribution in [0.5, 0.6) is 0 Å². The third kappa shape index (κ3) is 5.75. The number of halogens is 2. The number of anilines is 1. The summed E-state index contributed by atoms with van der Waals surface area (Å²) in [7, 11) is 0. The lowest BCUT2D eigenvalue weighted by Gasteiger charge is -2.42. The zero-order valence-electron chi connectivity index (χ0n) is 23.7. The molecule has 5 rings (SSSR count). The van der Waals surface area contributed by atoms with E-state index in [1.807, 2.05) is 50.2 Å². The van der Waals surface area contributed by atoms with Crippen LogP contribution in [-0.4, -0.2) is 75.2 Å². The lowest BCUT2D eigenvalue weighted by atomic mass is 10.1. The van der Waals surface area contributed by atoms with Crippen molar-refractivity contribution < 1.29 is 14.3 Å². The van der Waals surface area contributed by atoms with Gasteiger partial charge in [-0.25, -0.2) is 9.78 Å². The van der Waals surface area contributed by atoms with Gasteiger partial charge in [-0.1, -0.05) is 29.3 Å². The minimum atomic E-state index is -0.594. The number of carbonyl (C=O) groups excluding carboxylic acids is 2. The number of amides is 2. The molecule has 8 nitrogen and oxygen atoms in total. The monoisotopic (exact) mass is 585 g/mol. The Morgan fingerprint density at radius 3 is 2.55 bits per heavy atom. The van der Waals surface area contributed by atoms with E-state index in [1.165, 1.54) is 0 Å². The Bertz CT molecular complexity index is 1420. The summed E-state index contributed by atoms with van der Waals surface area (Å²) in [5, 5.41) is 1.23. The third-order valence-electron chi connectivity index (χ3n) is 7.82. The average molecular weight is 587 g/mol. The molecule has 2 amide bonds. The fourth-order valence-corrected chi connectivity index (χ4v) is 6.37. The van der Waals surface area contributed by atoms with Crippen molar-refractivity contribution in [1.29, 1.82) is 0 Å². The molecular weight excluding hydrogens is 549 g/mol. The summed E-state index contributed by atoms with van der Waals surface area (Å²) >= 11 is 12.6. The van der Waals surface area contributed by atoms with E-state index < -0.39 is 17.7 Å². The maximum absolute atomic E-state index is 13.5. The number of ether oxygens (including phenoxy) is 1. The minimum Gasteiger partial charge on any atom is -0.444 e. The lowest BCUT2D eigenvalue weighted by molar-refractivity contribution is -0.136. The number of hydrogen-bond acceptors (Lipinski definition) is 5. The fraction of sp³-hybridized carbons (Fsp3) is 0.500. The molecule has 2 aliphatic heterocycles. The van der Waals surface area contributed by atoms with Crippen LogP contribution in [0.4, 0.5) is 10.5 Å². The van der Waals surface area contributed by atoms with Crippen LogP contribution in [0.1, 0.15) is 59.1 Å². The van der Waals surface area contributed by atoms with E-state index in [9.17, 15) is 9.59 Å². The van der Waals surface area contributed by atoms with Crippen LogP contribution in [-0.2, 0) is 9.53 Å². The molecule has 3 aromatic rings. The number of hydrogen-bond donors (Lipinski definition) is 0. The van der Waals surface area contributed by atoms with Crippen molar-refractivity contribution >= 4 is 51.9 Å². The Labute approximate surface area is 245 Å². The number of rotatable bonds is 4. The normalized spacial score (nSPS) is 20.7. The molecule has 214 valence electrons. The molecule has 1 aromatic heterocycles. The van der Waals surface area contributed by atoms with E-state index in [4.69, 9.17) is 27.9 Å². The van der Waals surface area contributed by atoms with E-state index in [0.717, 1.165) is 28.7 Å². The summed E-state index contributed by atoms with van der Waals surface area (Å²) in [6.45, 7) is 12.2. The van der Waals surface area contributed by atoms with Crippen LogP contribution in [0.3, 0.4) is 0 Å². The molecule has 2 saturated heterocycles. The Morgan fingerprint density at radius 1 is 1.07 bits per heavy atom. The van der Waals surface area contributed by atoms with Crippen molar-refractivity contribution in [2.75, 3.05) is 31.1 Å². The largest absolute Gasteiger partial charge is 0.444 e. The highest BCUT2D eigenvalue weighted by Crippen LogP contribution is 2.33. The summed E-state index contributed by atoms with van der Waals surface area (Å²) in [5.74, 6) is 0.0112. The molecule has 3 atom stereocenters. The van der Waals surface area contributed by atoms with Crippen LogP contribution in [0, 0.1) is 0 Å². The molecule has 0 bridgehead atoms. The number of aromatic nitrogens is 2. The molecule has 0 N–H and O–H groups in total. The maximum atomic E-state index is 13.5. The van der Waals surface area contributed by atoms with Gasteiger partial charge in [0.15, 0.2) is 0 Å². The zero-order chi connectivity index (χ0) is 28.8. The van der Waals surface area contributed by atoms with Gasteiger partial charge in [0, 0.05) is 48.0 Å². The Kier molecular flexibility index (Phi) is 7.94. The molecule has 40 heavy (non-hydrogen) atoms. The highest BCUT2D eigenvalue weighted by atomic mass is 35.5. The van der Waals surface area contributed by atoms with Crippen molar-refractivity contribution in [1.82, 2.24) is 19.4 Å². The van der Waals surface area contributed by atoms with E-state index >= 15 is 0 Å². The van der Waals surface area contributed by atoms with Crippen LogP contribution >= 0.6 is 23.2 Å². The second-order valence-electron chi connectivity index (χ2n) is 11.8. The molecule has 3 heterocycles. The SMILES string of the molecule is CC1CN(C(=O)C2CCCN2C(=O)OC(C)(C)C)CCN1c1ccc2ncn([C@H](C)c3ccc(Cl)cc3Cl)c2c1. The number of nitrogens with zero attached hydrogens (tertiary/aromatic N) is 5. The van der Waals surface area contributed by atoms with Crippen molar-refractivity contribution in [3.05, 3.63) is 58.3 Å². The predicted octanol–water partition coefficient (Wildman–Crippen LogP) is 6.39. The lowest BCUT2D eigenvalue weighted by Crippen LogP contribution is -2.57. The van der Waals surface area contributed by atoms with E-state index in [-0.39, 0.29) is 18.0 Å². The van der Waals surface area contributed by atoms with Gasteiger partial charge in [-0.15, -0.1) is 0 Å². The van der Waals surface area contributed by atoms with Gasteiger partial charge in [-0.2, -0.15) is 0 Å². The molecule has 0 saturated carbocycles. The fourth-order valence-electron chi connectivity index (χ4n) is 5.81. The summed E-state index contributed by atoms with van der Waals surface area (Å²) < 4.78 is 7.70. The topological polar surface area (TPSA) is 70.9 Å². The standard InChI is InChI=1S/C30H37Cl2N5O3/c1-19-17-34(28(38)26-7-6-12-36(26)29(39)40-30(3,4)5)13-14-35(19)22-9-11-25-27(16-22)37(18-33-25)20(2)23-10-8-21(31)15-24(23)32/h8-11,15-16,18-20,26H,6-7,12-14,17H2,1-5H3/t19?,20-,26?/m1/s1. The summed E-state index contributed by atoms with van der Waals surface area (Å²) in [6.07, 6.45) is 2.91. The van der Waals surface area contributed by atoms with Gasteiger partial charge in [-0.05, 0) is 83.4 Å². The van der Waals surface area contributed by atoms with Crippen LogP contribution < -0.4 is 4.90 Å². The molecule has 2 aromatic carbocycles. The number of benzene rings is 2. The molecule has 2 aliphatic rings. The summed E-state index contributed by atoms with van der Waals surface area (Å²) in [4.78, 5) is 36.8. The van der Waals surface area contributed by atoms with Gasteiger partial charge in [0.05, 0.1) is 23.4 Å². The molecule has 10 heteroatoms. The highest BCUT2D eigenvalue weighted by molar-refractivity contribution is 6.35. The minimum absolute atomic E-state index is 0.0112. The summed E-state index contributed by atoms with van der Waals surface area (Å²) in [6, 6.07) is 11.5. The highest BCUT2D eigenvalue weighted by Gasteiger charge is 2.40. The van der Waals surface area contributed by atoms with Crippen LogP contribution in [0.2, 0.25) is 10.0 Å². The molecule has 2 fully saturated rings. The molecule has 0 radical (unpaired) electrons. The first kappa shape index (κ1) is 28.6. The van der Waals surface area contributed by atoms with Gasteiger partial charge in [0.25, 0.3) is 0 Å². The number of carbonyl (C=O) groups is 2. The number of imidazole rings is 1. The van der Waals surface area contributed by atoms with Crippen molar-refractivity contribution in [3.63, 3.8) is 0 Å². The third-order valence-corrected chi connectivity index (χ3v) is 8.39. The van der Waals surface area contributed by atoms with Gasteiger partial charge in [0.2, 0.25) is 5.91 Å².